The van der Waals surface area contributed by atoms with Gasteiger partial charge in [-0.05, 0) is 12.8 Å². The monoisotopic (exact) mass is 261 g/mol. The fraction of sp³-hybridized carbons (Fsp3) is 1.00. The van der Waals surface area contributed by atoms with Crippen molar-refractivity contribution >= 4 is 22.2 Å². The Balaban J connectivity index is 0.00000112. The van der Waals surface area contributed by atoms with Crippen molar-refractivity contribution in [3.8, 4) is 0 Å². The van der Waals surface area contributed by atoms with Crippen molar-refractivity contribution in [1.29, 1.82) is 0 Å². The van der Waals surface area contributed by atoms with E-state index in [9.17, 15) is 17.2 Å². The van der Waals surface area contributed by atoms with Gasteiger partial charge >= 0.3 is 0 Å². The Labute approximate surface area is 93.9 Å². The van der Waals surface area contributed by atoms with E-state index in [1.807, 2.05) is 0 Å². The molecule has 0 aromatic carbocycles. The van der Waals surface area contributed by atoms with Crippen LogP contribution in [0.5, 0.6) is 0 Å². The zero-order valence-corrected chi connectivity index (χ0v) is 9.76. The smallest absolute Gasteiger partial charge is 0.267 e. The van der Waals surface area contributed by atoms with Crippen LogP contribution < -0.4 is 5.32 Å². The van der Waals surface area contributed by atoms with Gasteiger partial charge in [-0.1, -0.05) is 0 Å². The predicted octanol–water partition coefficient (Wildman–Crippen LogP) is 0.984. The molecule has 0 radical (unpaired) electrons. The molecule has 0 saturated carbocycles. The van der Waals surface area contributed by atoms with Crippen LogP contribution in [0, 0.1) is 0 Å². The third-order valence-corrected chi connectivity index (χ3v) is 4.93. The van der Waals surface area contributed by atoms with Gasteiger partial charge in [-0.2, -0.15) is 0 Å². The Morgan fingerprint density at radius 1 is 1.07 bits per heavy atom. The zero-order valence-electron chi connectivity index (χ0n) is 8.13. The first-order valence-corrected chi connectivity index (χ1v) is 6.52. The van der Waals surface area contributed by atoms with Crippen molar-refractivity contribution in [3.63, 3.8) is 0 Å². The summed E-state index contributed by atoms with van der Waals surface area (Å²) in [5.74, 6) is -2.98. The summed E-state index contributed by atoms with van der Waals surface area (Å²) in [6, 6.07) is 0. The molecule has 2 fully saturated rings. The van der Waals surface area contributed by atoms with E-state index in [1.165, 1.54) is 0 Å². The van der Waals surface area contributed by atoms with Gasteiger partial charge in [0.25, 0.3) is 5.92 Å². The number of halogens is 3. The first-order valence-electron chi connectivity index (χ1n) is 4.70. The fourth-order valence-electron chi connectivity index (χ4n) is 2.26. The van der Waals surface area contributed by atoms with Crippen molar-refractivity contribution in [2.24, 2.45) is 0 Å². The molecule has 0 amide bonds. The van der Waals surface area contributed by atoms with Crippen molar-refractivity contribution < 1.29 is 17.2 Å². The molecule has 0 aromatic rings. The summed E-state index contributed by atoms with van der Waals surface area (Å²) in [6.45, 7) is 0.285. The summed E-state index contributed by atoms with van der Waals surface area (Å²) in [5.41, 5.74) is -1.24. The predicted molar refractivity (Wildman–Crippen MR) is 55.4 cm³/mol. The van der Waals surface area contributed by atoms with E-state index < -0.39 is 21.3 Å². The summed E-state index contributed by atoms with van der Waals surface area (Å²) < 4.78 is 49.2. The molecule has 2 rings (SSSR count). The van der Waals surface area contributed by atoms with Crippen LogP contribution in [0.2, 0.25) is 0 Å². The summed E-state index contributed by atoms with van der Waals surface area (Å²) in [4.78, 5) is 0. The van der Waals surface area contributed by atoms with E-state index in [2.05, 4.69) is 5.32 Å². The van der Waals surface area contributed by atoms with Gasteiger partial charge in [0.2, 0.25) is 0 Å². The minimum absolute atomic E-state index is 0. The topological polar surface area (TPSA) is 46.2 Å². The Morgan fingerprint density at radius 2 is 1.60 bits per heavy atom. The molecule has 0 atom stereocenters. The standard InChI is InChI=1S/C8H13F2NO2S.ClH/c9-8(10)1-4-11-7(8)2-5-14(12,13)6-3-7;/h11H,1-6H2;1H. The van der Waals surface area contributed by atoms with E-state index in [1.54, 1.807) is 0 Å². The maximum Gasteiger partial charge on any atom is 0.267 e. The fourth-order valence-corrected chi connectivity index (χ4v) is 3.78. The van der Waals surface area contributed by atoms with Crippen LogP contribution in [0.1, 0.15) is 19.3 Å². The maximum absolute atomic E-state index is 13.5. The average molecular weight is 262 g/mol. The first kappa shape index (κ1) is 13.1. The van der Waals surface area contributed by atoms with E-state index in [-0.39, 0.29) is 49.7 Å². The van der Waals surface area contributed by atoms with Gasteiger partial charge < -0.3 is 5.32 Å². The summed E-state index contributed by atoms with van der Waals surface area (Å²) in [5, 5.41) is 2.79. The highest BCUT2D eigenvalue weighted by Gasteiger charge is 2.58. The van der Waals surface area contributed by atoms with Crippen LogP contribution in [0.4, 0.5) is 8.78 Å². The Kier molecular flexibility index (Phi) is 3.34. The van der Waals surface area contributed by atoms with Crippen molar-refractivity contribution in [2.75, 3.05) is 18.1 Å². The molecule has 15 heavy (non-hydrogen) atoms. The quantitative estimate of drug-likeness (QED) is 0.707. The molecule has 90 valence electrons. The largest absolute Gasteiger partial charge is 0.306 e. The van der Waals surface area contributed by atoms with E-state index >= 15 is 0 Å². The van der Waals surface area contributed by atoms with Crippen LogP contribution in [-0.4, -0.2) is 37.9 Å². The van der Waals surface area contributed by atoms with Gasteiger partial charge in [-0.3, -0.25) is 0 Å². The van der Waals surface area contributed by atoms with Crippen LogP contribution in [0.25, 0.3) is 0 Å². The van der Waals surface area contributed by atoms with Gasteiger partial charge in [0.1, 0.15) is 9.84 Å². The Morgan fingerprint density at radius 3 is 2.00 bits per heavy atom. The molecule has 7 heteroatoms. The zero-order chi connectivity index (χ0) is 10.4. The van der Waals surface area contributed by atoms with Gasteiger partial charge in [0.15, 0.2) is 0 Å². The minimum Gasteiger partial charge on any atom is -0.306 e. The summed E-state index contributed by atoms with van der Waals surface area (Å²) >= 11 is 0. The Bertz CT molecular complexity index is 331. The van der Waals surface area contributed by atoms with Crippen LogP contribution in [-0.2, 0) is 9.84 Å². The third-order valence-electron chi connectivity index (χ3n) is 3.28. The molecule has 1 N–H and O–H groups in total. The summed E-state index contributed by atoms with van der Waals surface area (Å²) in [7, 11) is -3.07. The van der Waals surface area contributed by atoms with Gasteiger partial charge in [-0.25, -0.2) is 17.2 Å². The first-order chi connectivity index (χ1) is 6.37. The van der Waals surface area contributed by atoms with Crippen molar-refractivity contribution in [2.45, 2.75) is 30.7 Å². The number of sulfone groups is 1. The second-order valence-corrected chi connectivity index (χ2v) is 6.42. The van der Waals surface area contributed by atoms with Gasteiger partial charge in [0, 0.05) is 13.0 Å². The van der Waals surface area contributed by atoms with Gasteiger partial charge in [-0.15, -0.1) is 12.4 Å². The molecule has 1 spiro atoms. The second kappa shape index (κ2) is 3.82. The lowest BCUT2D eigenvalue weighted by Crippen LogP contribution is -2.56. The van der Waals surface area contributed by atoms with Crippen LogP contribution >= 0.6 is 12.4 Å². The molecule has 2 heterocycles. The van der Waals surface area contributed by atoms with Crippen LogP contribution in [0.15, 0.2) is 0 Å². The van der Waals surface area contributed by atoms with E-state index in [0.717, 1.165) is 0 Å². The lowest BCUT2D eigenvalue weighted by molar-refractivity contribution is -0.0643. The molecule has 0 aliphatic carbocycles. The molecule has 0 unspecified atom stereocenters. The molecule has 2 saturated heterocycles. The lowest BCUT2D eigenvalue weighted by Gasteiger charge is -2.38. The molecule has 0 bridgehead atoms. The van der Waals surface area contributed by atoms with Gasteiger partial charge in [0.05, 0.1) is 17.0 Å². The van der Waals surface area contributed by atoms with Crippen LogP contribution in [0.3, 0.4) is 0 Å². The highest BCUT2D eigenvalue weighted by molar-refractivity contribution is 7.91. The van der Waals surface area contributed by atoms with Crippen molar-refractivity contribution in [3.05, 3.63) is 0 Å². The maximum atomic E-state index is 13.5. The highest BCUT2D eigenvalue weighted by atomic mass is 35.5. The van der Waals surface area contributed by atoms with E-state index in [0.29, 0.717) is 0 Å². The second-order valence-electron chi connectivity index (χ2n) is 4.12. The SMILES string of the molecule is Cl.O=S1(=O)CCC2(CC1)NCCC2(F)F. The number of hydrogen-bond donors (Lipinski definition) is 1. The molecular formula is C8H14ClF2NO2S. The highest BCUT2D eigenvalue weighted by Crippen LogP contribution is 2.43. The third kappa shape index (κ3) is 2.12. The molecule has 2 aliphatic heterocycles. The number of alkyl halides is 2. The van der Waals surface area contributed by atoms with E-state index in [4.69, 9.17) is 0 Å². The number of hydrogen-bond acceptors (Lipinski definition) is 3. The summed E-state index contributed by atoms with van der Waals surface area (Å²) in [6.07, 6.45) is -0.0856. The number of nitrogens with one attached hydrogen (secondary N) is 1. The molecule has 2 aliphatic rings. The molecule has 3 nitrogen and oxygen atoms in total. The lowest BCUT2D eigenvalue weighted by atomic mass is 9.87. The Hall–Kier alpha value is 0.0600. The molecule has 0 aromatic heterocycles. The minimum atomic E-state index is -3.07. The van der Waals surface area contributed by atoms with Crippen molar-refractivity contribution in [1.82, 2.24) is 5.32 Å². The average Bonchev–Trinajstić information content (AvgIpc) is 2.35. The normalized spacial score (nSPS) is 31.1. The number of rotatable bonds is 0. The molecular weight excluding hydrogens is 248 g/mol.